The van der Waals surface area contributed by atoms with Crippen LogP contribution in [0.5, 0.6) is 0 Å². The number of aromatic amines is 1. The van der Waals surface area contributed by atoms with Crippen LogP contribution in [0.4, 0.5) is 13.2 Å². The highest BCUT2D eigenvalue weighted by Gasteiger charge is 2.36. The van der Waals surface area contributed by atoms with E-state index < -0.39 is 24.0 Å². The Morgan fingerprint density at radius 1 is 1.13 bits per heavy atom. The summed E-state index contributed by atoms with van der Waals surface area (Å²) < 4.78 is 43.9. The fourth-order valence-corrected chi connectivity index (χ4v) is 6.11. The molecule has 4 aromatic rings. The van der Waals surface area contributed by atoms with E-state index in [0.29, 0.717) is 28.9 Å². The van der Waals surface area contributed by atoms with E-state index in [0.717, 1.165) is 48.7 Å². The van der Waals surface area contributed by atoms with Crippen LogP contribution < -0.4 is 5.32 Å². The number of aliphatic hydroxyl groups excluding tert-OH is 1. The van der Waals surface area contributed by atoms with Crippen molar-refractivity contribution in [1.82, 2.24) is 35.3 Å². The van der Waals surface area contributed by atoms with Gasteiger partial charge in [0.15, 0.2) is 0 Å². The van der Waals surface area contributed by atoms with Crippen LogP contribution in [-0.4, -0.2) is 47.2 Å². The molecule has 0 amide bonds. The first-order chi connectivity index (χ1) is 18.7. The second-order valence-corrected chi connectivity index (χ2v) is 11.0. The third-order valence-electron chi connectivity index (χ3n) is 8.39. The van der Waals surface area contributed by atoms with Crippen LogP contribution >= 0.6 is 0 Å². The molecule has 6 rings (SSSR count). The van der Waals surface area contributed by atoms with Gasteiger partial charge in [-0.1, -0.05) is 24.6 Å². The summed E-state index contributed by atoms with van der Waals surface area (Å²) in [5, 5.41) is 29.9. The van der Waals surface area contributed by atoms with Gasteiger partial charge in [0.2, 0.25) is 0 Å². The van der Waals surface area contributed by atoms with E-state index in [-0.39, 0.29) is 17.7 Å². The molecule has 2 saturated carbocycles. The smallest absolute Gasteiger partial charge is 0.392 e. The summed E-state index contributed by atoms with van der Waals surface area (Å²) in [6.07, 6.45) is 2.23. The van der Waals surface area contributed by atoms with Crippen molar-refractivity contribution in [3.8, 4) is 11.3 Å². The van der Waals surface area contributed by atoms with Crippen LogP contribution in [0.1, 0.15) is 80.2 Å². The van der Waals surface area contributed by atoms with Crippen molar-refractivity contribution in [2.45, 2.75) is 75.7 Å². The zero-order valence-corrected chi connectivity index (χ0v) is 21.9. The van der Waals surface area contributed by atoms with Gasteiger partial charge in [0.25, 0.3) is 0 Å². The fraction of sp³-hybridized carbons (Fsp3) is 0.500. The van der Waals surface area contributed by atoms with Gasteiger partial charge in [-0.25, -0.2) is 4.98 Å². The molecule has 3 N–H and O–H groups in total. The van der Waals surface area contributed by atoms with Crippen molar-refractivity contribution in [3.05, 3.63) is 59.4 Å². The first-order valence-corrected chi connectivity index (χ1v) is 13.5. The predicted molar refractivity (Wildman–Crippen MR) is 140 cm³/mol. The Morgan fingerprint density at radius 3 is 2.56 bits per heavy atom. The number of aliphatic hydroxyl groups is 1. The molecular formula is C28H32F3N7O. The zero-order valence-electron chi connectivity index (χ0n) is 21.9. The summed E-state index contributed by atoms with van der Waals surface area (Å²) in [5.74, 6) is 1.36. The summed E-state index contributed by atoms with van der Waals surface area (Å²) in [4.78, 5) is 4.02. The summed E-state index contributed by atoms with van der Waals surface area (Å²) >= 11 is 0. The Hall–Kier alpha value is -3.31. The van der Waals surface area contributed by atoms with Crippen molar-refractivity contribution in [2.24, 2.45) is 13.0 Å². The van der Waals surface area contributed by atoms with Gasteiger partial charge in [-0.15, -0.1) is 10.2 Å². The van der Waals surface area contributed by atoms with Crippen molar-refractivity contribution < 1.29 is 18.3 Å². The fourth-order valence-electron chi connectivity index (χ4n) is 6.11. The van der Waals surface area contributed by atoms with E-state index in [1.165, 1.54) is 6.42 Å². The second kappa shape index (κ2) is 10.0. The third kappa shape index (κ3) is 4.82. The lowest BCUT2D eigenvalue weighted by atomic mass is 9.72. The maximum atomic E-state index is 14.0. The minimum Gasteiger partial charge on any atom is -0.392 e. The number of hydrogen-bond donors (Lipinski definition) is 3. The molecular weight excluding hydrogens is 507 g/mol. The Kier molecular flexibility index (Phi) is 6.66. The Balaban J connectivity index is 1.43. The minimum absolute atomic E-state index is 0.0430. The molecule has 206 valence electrons. The Morgan fingerprint density at radius 2 is 1.92 bits per heavy atom. The molecule has 3 heterocycles. The number of halogens is 3. The van der Waals surface area contributed by atoms with Crippen molar-refractivity contribution >= 4 is 10.9 Å². The molecule has 2 aliphatic carbocycles. The minimum atomic E-state index is -4.62. The van der Waals surface area contributed by atoms with E-state index >= 15 is 0 Å². The average Bonchev–Trinajstić information content (AvgIpc) is 3.60. The summed E-state index contributed by atoms with van der Waals surface area (Å²) in [5.41, 5.74) is 1.94. The number of hydrogen-bond acceptors (Lipinski definition) is 6. The number of benzene rings is 1. The number of fused-ring (bicyclic) bond motifs is 1. The molecule has 8 nitrogen and oxygen atoms in total. The molecule has 0 saturated heterocycles. The lowest BCUT2D eigenvalue weighted by Gasteiger charge is -2.33. The summed E-state index contributed by atoms with van der Waals surface area (Å²) in [7, 11) is 1.93. The highest BCUT2D eigenvalue weighted by molar-refractivity contribution is 5.94. The van der Waals surface area contributed by atoms with Gasteiger partial charge in [-0.2, -0.15) is 18.3 Å². The number of pyridine rings is 1. The van der Waals surface area contributed by atoms with Crippen LogP contribution in [0, 0.1) is 5.92 Å². The lowest BCUT2D eigenvalue weighted by Crippen LogP contribution is -2.37. The molecule has 2 fully saturated rings. The molecule has 1 unspecified atom stereocenters. The molecule has 0 spiro atoms. The van der Waals surface area contributed by atoms with Gasteiger partial charge < -0.3 is 15.0 Å². The first kappa shape index (κ1) is 25.9. The van der Waals surface area contributed by atoms with Crippen molar-refractivity contribution in [2.75, 3.05) is 0 Å². The number of aromatic nitrogens is 6. The highest BCUT2D eigenvalue weighted by Crippen LogP contribution is 2.44. The topological polar surface area (TPSA) is 105 Å². The summed E-state index contributed by atoms with van der Waals surface area (Å²) in [6, 6.07) is 8.22. The second-order valence-electron chi connectivity index (χ2n) is 11.0. The number of nitrogens with one attached hydrogen (secondary N) is 2. The maximum Gasteiger partial charge on any atom is 0.433 e. The van der Waals surface area contributed by atoms with Crippen LogP contribution in [0.25, 0.3) is 22.2 Å². The van der Waals surface area contributed by atoms with Crippen LogP contribution in [0.3, 0.4) is 0 Å². The normalized spacial score (nSPS) is 21.8. The van der Waals surface area contributed by atoms with Crippen molar-refractivity contribution in [1.29, 1.82) is 0 Å². The number of H-pyrrole nitrogens is 1. The monoisotopic (exact) mass is 539 g/mol. The Bertz CT molecular complexity index is 1480. The zero-order chi connectivity index (χ0) is 27.3. The Labute approximate surface area is 224 Å². The van der Waals surface area contributed by atoms with E-state index in [1.54, 1.807) is 13.3 Å². The van der Waals surface area contributed by atoms with Gasteiger partial charge in [0, 0.05) is 36.0 Å². The molecule has 0 radical (unpaired) electrons. The van der Waals surface area contributed by atoms with E-state index in [9.17, 15) is 18.3 Å². The van der Waals surface area contributed by atoms with E-state index in [4.69, 9.17) is 0 Å². The van der Waals surface area contributed by atoms with Crippen LogP contribution in [0.15, 0.2) is 36.7 Å². The van der Waals surface area contributed by atoms with Crippen LogP contribution in [-0.2, 0) is 13.2 Å². The summed E-state index contributed by atoms with van der Waals surface area (Å²) in [6.45, 7) is 1.78. The van der Waals surface area contributed by atoms with Gasteiger partial charge in [0.05, 0.1) is 17.3 Å². The average molecular weight is 540 g/mol. The first-order valence-electron chi connectivity index (χ1n) is 13.5. The molecule has 0 aliphatic heterocycles. The molecule has 39 heavy (non-hydrogen) atoms. The molecule has 11 heteroatoms. The van der Waals surface area contributed by atoms with Crippen molar-refractivity contribution in [3.63, 3.8) is 0 Å². The standard InChI is InChI=1S/C28H32F3N7O/c1-15(33-20-10-5-11-21(20)39)24-26-19(13-22(34-24)28(29,30)31)25(35-36-26)18-9-4-8-17(12-18)23(16-6-3-7-16)27-37-32-14-38(27)2/h4,8-9,12-16,20-21,23,33,39H,3,5-7,10-11H2,1-2H3,(H,35,36)/t15-,20?,21+,23-/m1/s1. The largest absolute Gasteiger partial charge is 0.433 e. The number of alkyl halides is 3. The number of rotatable bonds is 7. The molecule has 2 aliphatic rings. The highest BCUT2D eigenvalue weighted by atomic mass is 19.4. The molecule has 1 aromatic carbocycles. The number of nitrogens with zero attached hydrogens (tertiary/aromatic N) is 5. The molecule has 4 atom stereocenters. The lowest BCUT2D eigenvalue weighted by molar-refractivity contribution is -0.141. The maximum absolute atomic E-state index is 14.0. The predicted octanol–water partition coefficient (Wildman–Crippen LogP) is 5.27. The number of aryl methyl sites for hydroxylation is 1. The van der Waals surface area contributed by atoms with Crippen LogP contribution in [0.2, 0.25) is 0 Å². The van der Waals surface area contributed by atoms with Gasteiger partial charge in [-0.05, 0) is 62.6 Å². The molecule has 0 bridgehead atoms. The van der Waals surface area contributed by atoms with E-state index in [1.807, 2.05) is 35.9 Å². The van der Waals surface area contributed by atoms with Gasteiger partial charge in [-0.3, -0.25) is 5.10 Å². The quantitative estimate of drug-likeness (QED) is 0.296. The SMILES string of the molecule is C[C@@H](NC1CCC[C@@H]1O)c1nc(C(F)(F)F)cc2c(-c3cccc([C@H](c4nncn4C)C4CCC4)c3)n[nH]c12. The molecule has 3 aromatic heterocycles. The van der Waals surface area contributed by atoms with Gasteiger partial charge >= 0.3 is 6.18 Å². The van der Waals surface area contributed by atoms with E-state index in [2.05, 4.69) is 30.7 Å². The third-order valence-corrected chi connectivity index (χ3v) is 8.39. The van der Waals surface area contributed by atoms with Gasteiger partial charge in [0.1, 0.15) is 23.5 Å².